The van der Waals surface area contributed by atoms with E-state index in [9.17, 15) is 0 Å². The number of nitrogens with zero attached hydrogens (tertiary/aromatic N) is 2. The van der Waals surface area contributed by atoms with Crippen molar-refractivity contribution in [3.05, 3.63) is 50.5 Å². The monoisotopic (exact) mass is 288 g/mol. The van der Waals surface area contributed by atoms with E-state index in [4.69, 9.17) is 34.8 Å². The van der Waals surface area contributed by atoms with E-state index in [1.165, 1.54) is 0 Å². The Balaban J connectivity index is 2.43. The lowest BCUT2D eigenvalue weighted by Gasteiger charge is -2.11. The van der Waals surface area contributed by atoms with Gasteiger partial charge in [-0.15, -0.1) is 0 Å². The van der Waals surface area contributed by atoms with Gasteiger partial charge in [-0.2, -0.15) is 0 Å². The largest absolute Gasteiger partial charge is 0.328 e. The smallest absolute Gasteiger partial charge is 0.106 e. The number of benzene rings is 1. The highest BCUT2D eigenvalue weighted by molar-refractivity contribution is 6.39. The molecule has 1 heterocycles. The fraction of sp³-hybridized carbons (Fsp3) is 0.250. The van der Waals surface area contributed by atoms with Crippen LogP contribution in [0.25, 0.3) is 0 Å². The van der Waals surface area contributed by atoms with Gasteiger partial charge >= 0.3 is 0 Å². The fourth-order valence-electron chi connectivity index (χ4n) is 1.70. The van der Waals surface area contributed by atoms with Crippen molar-refractivity contribution >= 4 is 34.8 Å². The van der Waals surface area contributed by atoms with Crippen molar-refractivity contribution in [3.63, 3.8) is 0 Å². The van der Waals surface area contributed by atoms with E-state index in [2.05, 4.69) is 9.55 Å². The molecule has 0 unspecified atom stereocenters. The number of hydrogen-bond donors (Lipinski definition) is 0. The zero-order valence-electron chi connectivity index (χ0n) is 9.47. The third kappa shape index (κ3) is 2.59. The first kappa shape index (κ1) is 12.7. The number of hydrogen-bond acceptors (Lipinski definition) is 1. The molecule has 2 rings (SSSR count). The van der Waals surface area contributed by atoms with Crippen LogP contribution in [0.1, 0.15) is 17.1 Å². The van der Waals surface area contributed by atoms with Crippen molar-refractivity contribution in [2.75, 3.05) is 0 Å². The van der Waals surface area contributed by atoms with Gasteiger partial charge in [0.15, 0.2) is 0 Å². The molecule has 0 saturated heterocycles. The van der Waals surface area contributed by atoms with Gasteiger partial charge in [-0.05, 0) is 26.0 Å². The first-order valence-corrected chi connectivity index (χ1v) is 6.24. The summed E-state index contributed by atoms with van der Waals surface area (Å²) in [5.41, 5.74) is 1.94. The highest BCUT2D eigenvalue weighted by atomic mass is 35.5. The topological polar surface area (TPSA) is 17.8 Å². The number of halogens is 3. The maximum Gasteiger partial charge on any atom is 0.106 e. The van der Waals surface area contributed by atoms with E-state index in [1.807, 2.05) is 20.0 Å². The molecular formula is C12H11Cl3N2. The van der Waals surface area contributed by atoms with E-state index < -0.39 is 0 Å². The number of aryl methyl sites for hydroxylation is 2. The van der Waals surface area contributed by atoms with Crippen LogP contribution in [-0.2, 0) is 6.54 Å². The van der Waals surface area contributed by atoms with E-state index >= 15 is 0 Å². The van der Waals surface area contributed by atoms with Gasteiger partial charge in [0.25, 0.3) is 0 Å². The standard InChI is InChI=1S/C12H11Cl3N2/c1-7-5-16-8(2)17(7)6-10-11(14)3-9(13)4-12(10)15/h3-5H,6H2,1-2H3. The van der Waals surface area contributed by atoms with E-state index in [-0.39, 0.29) is 0 Å². The summed E-state index contributed by atoms with van der Waals surface area (Å²) < 4.78 is 2.06. The molecule has 0 amide bonds. The molecule has 1 aromatic carbocycles. The van der Waals surface area contributed by atoms with Crippen LogP contribution >= 0.6 is 34.8 Å². The minimum Gasteiger partial charge on any atom is -0.328 e. The van der Waals surface area contributed by atoms with Crippen molar-refractivity contribution in [2.24, 2.45) is 0 Å². The molecule has 0 bridgehead atoms. The predicted octanol–water partition coefficient (Wildman–Crippen LogP) is 4.51. The van der Waals surface area contributed by atoms with Gasteiger partial charge in [0.05, 0.1) is 6.54 Å². The summed E-state index contributed by atoms with van der Waals surface area (Å²) in [6.07, 6.45) is 1.83. The second-order valence-electron chi connectivity index (χ2n) is 3.88. The first-order chi connectivity index (χ1) is 7.99. The maximum atomic E-state index is 6.15. The molecule has 2 nitrogen and oxygen atoms in total. The Morgan fingerprint density at radius 3 is 2.18 bits per heavy atom. The lowest BCUT2D eigenvalue weighted by Crippen LogP contribution is -2.05. The summed E-state index contributed by atoms with van der Waals surface area (Å²) in [5, 5.41) is 1.70. The van der Waals surface area contributed by atoms with Crippen LogP contribution in [0.4, 0.5) is 0 Å². The van der Waals surface area contributed by atoms with Crippen LogP contribution in [0.2, 0.25) is 15.1 Å². The van der Waals surface area contributed by atoms with Crippen molar-refractivity contribution < 1.29 is 0 Å². The van der Waals surface area contributed by atoms with E-state index in [0.717, 1.165) is 17.1 Å². The molecule has 0 aliphatic rings. The van der Waals surface area contributed by atoms with Crippen LogP contribution in [-0.4, -0.2) is 9.55 Å². The normalized spacial score (nSPS) is 10.9. The summed E-state index contributed by atoms with van der Waals surface area (Å²) in [7, 11) is 0. The second kappa shape index (κ2) is 4.89. The van der Waals surface area contributed by atoms with E-state index in [0.29, 0.717) is 21.6 Å². The number of aromatic nitrogens is 2. The molecule has 0 fully saturated rings. The Morgan fingerprint density at radius 1 is 1.12 bits per heavy atom. The second-order valence-corrected chi connectivity index (χ2v) is 5.13. The van der Waals surface area contributed by atoms with Crippen molar-refractivity contribution in [3.8, 4) is 0 Å². The average molecular weight is 290 g/mol. The van der Waals surface area contributed by atoms with Crippen molar-refractivity contribution in [1.29, 1.82) is 0 Å². The number of imidazole rings is 1. The lowest BCUT2D eigenvalue weighted by atomic mass is 10.2. The highest BCUT2D eigenvalue weighted by Gasteiger charge is 2.11. The number of rotatable bonds is 2. The molecule has 0 radical (unpaired) electrons. The van der Waals surface area contributed by atoms with Crippen molar-refractivity contribution in [1.82, 2.24) is 9.55 Å². The summed E-state index contributed by atoms with van der Waals surface area (Å²) in [6, 6.07) is 3.40. The quantitative estimate of drug-likeness (QED) is 0.795. The van der Waals surface area contributed by atoms with Gasteiger partial charge < -0.3 is 4.57 Å². The van der Waals surface area contributed by atoms with Gasteiger partial charge in [0, 0.05) is 32.5 Å². The Kier molecular flexibility index (Phi) is 3.67. The minimum atomic E-state index is 0.544. The Hall–Kier alpha value is -0.700. The maximum absolute atomic E-state index is 6.15. The van der Waals surface area contributed by atoms with Crippen LogP contribution < -0.4 is 0 Å². The first-order valence-electron chi connectivity index (χ1n) is 5.11. The fourth-order valence-corrected chi connectivity index (χ4v) is 2.64. The molecule has 0 spiro atoms. The molecular weight excluding hydrogens is 279 g/mol. The van der Waals surface area contributed by atoms with Gasteiger partial charge in [0.1, 0.15) is 5.82 Å². The average Bonchev–Trinajstić information content (AvgIpc) is 2.53. The molecule has 0 aliphatic carbocycles. The zero-order valence-corrected chi connectivity index (χ0v) is 11.7. The van der Waals surface area contributed by atoms with Crippen LogP contribution in [0.3, 0.4) is 0 Å². The SMILES string of the molecule is Cc1cnc(C)n1Cc1c(Cl)cc(Cl)cc1Cl. The van der Waals surface area contributed by atoms with Crippen molar-refractivity contribution in [2.45, 2.75) is 20.4 Å². The molecule has 0 N–H and O–H groups in total. The van der Waals surface area contributed by atoms with Crippen LogP contribution in [0, 0.1) is 13.8 Å². The summed E-state index contributed by atoms with van der Waals surface area (Å²) >= 11 is 18.2. The van der Waals surface area contributed by atoms with Gasteiger partial charge in [-0.1, -0.05) is 34.8 Å². The molecule has 2 aromatic rings. The zero-order chi connectivity index (χ0) is 12.6. The minimum absolute atomic E-state index is 0.544. The van der Waals surface area contributed by atoms with E-state index in [1.54, 1.807) is 12.1 Å². The summed E-state index contributed by atoms with van der Waals surface area (Å²) in [4.78, 5) is 4.24. The molecule has 0 aliphatic heterocycles. The van der Waals surface area contributed by atoms with Gasteiger partial charge in [-0.25, -0.2) is 4.98 Å². The Bertz CT molecular complexity index is 518. The molecule has 90 valence electrons. The Morgan fingerprint density at radius 2 is 1.71 bits per heavy atom. The summed E-state index contributed by atoms with van der Waals surface area (Å²) in [6.45, 7) is 4.55. The third-order valence-electron chi connectivity index (χ3n) is 2.68. The Labute approximate surface area is 115 Å². The molecule has 0 saturated carbocycles. The lowest BCUT2D eigenvalue weighted by molar-refractivity contribution is 0.738. The summed E-state index contributed by atoms with van der Waals surface area (Å²) in [5.74, 6) is 0.935. The van der Waals surface area contributed by atoms with Crippen LogP contribution in [0.5, 0.6) is 0 Å². The van der Waals surface area contributed by atoms with Crippen LogP contribution in [0.15, 0.2) is 18.3 Å². The van der Waals surface area contributed by atoms with Gasteiger partial charge in [-0.3, -0.25) is 0 Å². The molecule has 1 aromatic heterocycles. The predicted molar refractivity (Wildman–Crippen MR) is 72.3 cm³/mol. The third-order valence-corrected chi connectivity index (χ3v) is 3.57. The molecule has 0 atom stereocenters. The molecule has 17 heavy (non-hydrogen) atoms. The van der Waals surface area contributed by atoms with Gasteiger partial charge in [0.2, 0.25) is 0 Å². The molecule has 5 heteroatoms. The highest BCUT2D eigenvalue weighted by Crippen LogP contribution is 2.30.